The second-order valence-electron chi connectivity index (χ2n) is 9.36. The van der Waals surface area contributed by atoms with Crippen LogP contribution in [0.5, 0.6) is 5.75 Å². The first kappa shape index (κ1) is 27.7. The Morgan fingerprint density at radius 1 is 1.03 bits per heavy atom. The maximum atomic E-state index is 13.7. The molecule has 2 aliphatic rings. The Labute approximate surface area is 214 Å². The second kappa shape index (κ2) is 9.79. The van der Waals surface area contributed by atoms with Gasteiger partial charge in [-0.3, -0.25) is 9.69 Å². The number of rotatable bonds is 8. The van der Waals surface area contributed by atoms with Gasteiger partial charge in [-0.05, 0) is 55.0 Å². The van der Waals surface area contributed by atoms with Gasteiger partial charge in [-0.2, -0.15) is 26.3 Å². The topological polar surface area (TPSA) is 67.9 Å². The van der Waals surface area contributed by atoms with Gasteiger partial charge < -0.3 is 14.8 Å². The van der Waals surface area contributed by atoms with Crippen molar-refractivity contribution < 1.29 is 45.4 Å². The van der Waals surface area contributed by atoms with Crippen LogP contribution in [-0.2, 0) is 33.7 Å². The highest BCUT2D eigenvalue weighted by Crippen LogP contribution is 2.58. The van der Waals surface area contributed by atoms with Gasteiger partial charge in [0.05, 0.1) is 13.2 Å². The Morgan fingerprint density at radius 3 is 2.29 bits per heavy atom. The van der Waals surface area contributed by atoms with Crippen molar-refractivity contribution in [1.82, 2.24) is 10.2 Å². The summed E-state index contributed by atoms with van der Waals surface area (Å²) in [5, 5.41) is 2.69. The number of imide groups is 1. The number of nitrogens with zero attached hydrogens (tertiary/aromatic N) is 1. The van der Waals surface area contributed by atoms with Crippen molar-refractivity contribution >= 4 is 11.9 Å². The van der Waals surface area contributed by atoms with Crippen molar-refractivity contribution in [3.63, 3.8) is 0 Å². The van der Waals surface area contributed by atoms with Crippen molar-refractivity contribution in [3.05, 3.63) is 64.7 Å². The SMILES string of the molecule is CCc1cc(OCCCCN2C(=O)NC(C)(c3ccccc3)C2=O)cc2c1COC2(C(F)(F)F)C(F)(F)F. The highest BCUT2D eigenvalue weighted by molar-refractivity contribution is 6.07. The Balaban J connectivity index is 1.42. The third kappa shape index (κ3) is 4.48. The molecule has 1 atom stereocenters. The maximum absolute atomic E-state index is 13.7. The van der Waals surface area contributed by atoms with Crippen LogP contribution in [0.1, 0.15) is 48.9 Å². The lowest BCUT2D eigenvalue weighted by Crippen LogP contribution is -2.53. The number of fused-ring (bicyclic) bond motifs is 1. The van der Waals surface area contributed by atoms with E-state index in [1.54, 1.807) is 44.2 Å². The molecular formula is C26H26F6N2O4. The smallest absolute Gasteiger partial charge is 0.430 e. The van der Waals surface area contributed by atoms with Gasteiger partial charge in [-0.1, -0.05) is 37.3 Å². The van der Waals surface area contributed by atoms with Crippen molar-refractivity contribution in [2.24, 2.45) is 0 Å². The van der Waals surface area contributed by atoms with E-state index in [2.05, 4.69) is 10.1 Å². The molecule has 0 saturated carbocycles. The summed E-state index contributed by atoms with van der Waals surface area (Å²) in [6.45, 7) is 2.43. The molecule has 0 aliphatic carbocycles. The van der Waals surface area contributed by atoms with Gasteiger partial charge in [-0.25, -0.2) is 4.79 Å². The highest BCUT2D eigenvalue weighted by Gasteiger charge is 2.75. The summed E-state index contributed by atoms with van der Waals surface area (Å²) in [5.41, 5.74) is -5.88. The summed E-state index contributed by atoms with van der Waals surface area (Å²) in [6.07, 6.45) is -10.7. The lowest BCUT2D eigenvalue weighted by Gasteiger charge is -2.33. The minimum absolute atomic E-state index is 0.0482. The van der Waals surface area contributed by atoms with E-state index in [9.17, 15) is 35.9 Å². The maximum Gasteiger partial charge on any atom is 0.430 e. The van der Waals surface area contributed by atoms with Crippen LogP contribution in [0, 0.1) is 0 Å². The number of urea groups is 1. The van der Waals surface area contributed by atoms with Crippen LogP contribution >= 0.6 is 0 Å². The molecule has 2 aromatic rings. The predicted octanol–water partition coefficient (Wildman–Crippen LogP) is 5.73. The van der Waals surface area contributed by atoms with E-state index in [-0.39, 0.29) is 42.9 Å². The molecule has 2 heterocycles. The van der Waals surface area contributed by atoms with Gasteiger partial charge in [0.2, 0.25) is 0 Å². The summed E-state index contributed by atoms with van der Waals surface area (Å²) >= 11 is 0. The number of unbranched alkanes of at least 4 members (excludes halogenated alkanes) is 1. The number of hydrogen-bond acceptors (Lipinski definition) is 4. The Kier molecular flexibility index (Phi) is 7.15. The first-order valence-electron chi connectivity index (χ1n) is 12.0. The average molecular weight is 544 g/mol. The van der Waals surface area contributed by atoms with E-state index in [0.717, 1.165) is 11.0 Å². The fraction of sp³-hybridized carbons (Fsp3) is 0.462. The molecule has 3 amide bonds. The number of ether oxygens (including phenoxy) is 2. The van der Waals surface area contributed by atoms with E-state index < -0.39 is 47.6 Å². The van der Waals surface area contributed by atoms with Crippen LogP contribution in [0.25, 0.3) is 0 Å². The van der Waals surface area contributed by atoms with E-state index in [1.165, 1.54) is 6.07 Å². The number of carbonyl (C=O) groups excluding carboxylic acids is 2. The molecule has 1 N–H and O–H groups in total. The number of alkyl halides is 6. The van der Waals surface area contributed by atoms with Crippen LogP contribution in [0.2, 0.25) is 0 Å². The van der Waals surface area contributed by atoms with Crippen molar-refractivity contribution in [2.45, 2.75) is 63.2 Å². The minimum Gasteiger partial charge on any atom is -0.494 e. The Hall–Kier alpha value is -3.28. The van der Waals surface area contributed by atoms with E-state index in [4.69, 9.17) is 4.74 Å². The molecule has 2 aliphatic heterocycles. The molecule has 0 spiro atoms. The van der Waals surface area contributed by atoms with Gasteiger partial charge in [0.15, 0.2) is 0 Å². The van der Waals surface area contributed by atoms with Crippen molar-refractivity contribution in [2.75, 3.05) is 13.2 Å². The Bertz CT molecular complexity index is 1200. The molecule has 4 rings (SSSR count). The summed E-state index contributed by atoms with van der Waals surface area (Å²) in [7, 11) is 0. The average Bonchev–Trinajstić information content (AvgIpc) is 3.36. The molecule has 12 heteroatoms. The molecule has 6 nitrogen and oxygen atoms in total. The highest BCUT2D eigenvalue weighted by atomic mass is 19.4. The molecule has 1 unspecified atom stereocenters. The minimum atomic E-state index is -5.72. The third-order valence-corrected chi connectivity index (χ3v) is 6.98. The normalized spacial score (nSPS) is 21.0. The van der Waals surface area contributed by atoms with Gasteiger partial charge in [0.25, 0.3) is 11.5 Å². The van der Waals surface area contributed by atoms with Gasteiger partial charge in [0.1, 0.15) is 11.3 Å². The quantitative estimate of drug-likeness (QED) is 0.262. The molecule has 0 radical (unpaired) electrons. The third-order valence-electron chi connectivity index (χ3n) is 6.98. The zero-order valence-electron chi connectivity index (χ0n) is 20.6. The summed E-state index contributed by atoms with van der Waals surface area (Å²) in [4.78, 5) is 26.4. The number of carbonyl (C=O) groups is 2. The van der Waals surface area contributed by atoms with Crippen molar-refractivity contribution in [3.8, 4) is 5.75 Å². The first-order chi connectivity index (χ1) is 17.8. The van der Waals surface area contributed by atoms with Gasteiger partial charge in [0, 0.05) is 12.1 Å². The number of benzene rings is 2. The van der Waals surface area contributed by atoms with E-state index >= 15 is 0 Å². The Morgan fingerprint density at radius 2 is 1.68 bits per heavy atom. The lowest BCUT2D eigenvalue weighted by atomic mass is 9.88. The molecule has 1 saturated heterocycles. The molecular weight excluding hydrogens is 518 g/mol. The number of amides is 3. The molecule has 1 fully saturated rings. The standard InChI is InChI=1S/C26H26F6N2O4/c1-3-16-13-18(14-20-19(16)15-38-24(20,25(27,28)29)26(30,31)32)37-12-8-7-11-34-21(35)23(2,33-22(34)36)17-9-5-4-6-10-17/h4-6,9-10,13-14H,3,7-8,11-12,15H2,1-2H3,(H,33,36). The van der Waals surface area contributed by atoms with Crippen LogP contribution in [0.15, 0.2) is 42.5 Å². The summed E-state index contributed by atoms with van der Waals surface area (Å²) < 4.78 is 92.4. The summed E-state index contributed by atoms with van der Waals surface area (Å²) in [6, 6.07) is 10.4. The first-order valence-corrected chi connectivity index (χ1v) is 12.0. The van der Waals surface area contributed by atoms with E-state index in [0.29, 0.717) is 12.0 Å². The van der Waals surface area contributed by atoms with Crippen LogP contribution in [-0.4, -0.2) is 42.3 Å². The second-order valence-corrected chi connectivity index (χ2v) is 9.36. The molecule has 206 valence electrons. The monoisotopic (exact) mass is 544 g/mol. The fourth-order valence-corrected chi connectivity index (χ4v) is 4.90. The largest absolute Gasteiger partial charge is 0.494 e. The molecule has 38 heavy (non-hydrogen) atoms. The molecule has 0 aromatic heterocycles. The number of hydrogen-bond donors (Lipinski definition) is 1. The van der Waals surface area contributed by atoms with Crippen LogP contribution in [0.4, 0.5) is 31.1 Å². The zero-order chi connectivity index (χ0) is 27.9. The van der Waals surface area contributed by atoms with Crippen molar-refractivity contribution in [1.29, 1.82) is 0 Å². The zero-order valence-corrected chi connectivity index (χ0v) is 20.6. The van der Waals surface area contributed by atoms with Gasteiger partial charge >= 0.3 is 18.4 Å². The molecule has 0 bridgehead atoms. The van der Waals surface area contributed by atoms with Crippen LogP contribution < -0.4 is 10.1 Å². The van der Waals surface area contributed by atoms with E-state index in [1.807, 2.05) is 0 Å². The van der Waals surface area contributed by atoms with Crippen LogP contribution in [0.3, 0.4) is 0 Å². The van der Waals surface area contributed by atoms with Gasteiger partial charge in [-0.15, -0.1) is 0 Å². The number of aryl methyl sites for hydroxylation is 1. The number of halogens is 6. The lowest BCUT2D eigenvalue weighted by molar-refractivity contribution is -0.385. The number of nitrogens with one attached hydrogen (secondary N) is 1. The fourth-order valence-electron chi connectivity index (χ4n) is 4.90. The summed E-state index contributed by atoms with van der Waals surface area (Å²) in [5.74, 6) is -0.563. The molecule has 2 aromatic carbocycles. The predicted molar refractivity (Wildman–Crippen MR) is 123 cm³/mol.